The van der Waals surface area contributed by atoms with Gasteiger partial charge in [-0.05, 0) is 31.5 Å². The van der Waals surface area contributed by atoms with Crippen LogP contribution in [0.3, 0.4) is 0 Å². The molecule has 1 atom stereocenters. The summed E-state index contributed by atoms with van der Waals surface area (Å²) in [5.74, 6) is 0.0775. The van der Waals surface area contributed by atoms with Gasteiger partial charge in [0.25, 0.3) is 0 Å². The van der Waals surface area contributed by atoms with Crippen molar-refractivity contribution >= 4 is 40.9 Å². The van der Waals surface area contributed by atoms with Gasteiger partial charge in [-0.1, -0.05) is 23.7 Å². The predicted octanol–water partition coefficient (Wildman–Crippen LogP) is 3.78. The molecule has 0 saturated heterocycles. The highest BCUT2D eigenvalue weighted by atomic mass is 35.5. The lowest BCUT2D eigenvalue weighted by atomic mass is 9.99. The average Bonchev–Trinajstić information content (AvgIpc) is 3.15. The second-order valence-corrected chi connectivity index (χ2v) is 7.90. The number of aliphatic imine (C=N–C) groups is 1. The number of carbonyl (C=O) groups excluding carboxylic acids is 1. The van der Waals surface area contributed by atoms with Gasteiger partial charge in [0.05, 0.1) is 17.0 Å². The lowest BCUT2D eigenvalue weighted by Crippen LogP contribution is -2.10. The van der Waals surface area contributed by atoms with Crippen molar-refractivity contribution in [3.05, 3.63) is 62.5 Å². The van der Waals surface area contributed by atoms with E-state index in [0.29, 0.717) is 27.3 Å². The van der Waals surface area contributed by atoms with Crippen molar-refractivity contribution in [1.82, 2.24) is 14.8 Å². The molecule has 0 aliphatic carbocycles. The Labute approximate surface area is 169 Å². The molecule has 9 heteroatoms. The van der Waals surface area contributed by atoms with Gasteiger partial charge in [0.15, 0.2) is 12.1 Å². The largest absolute Gasteiger partial charge is 0.481 e. The quantitative estimate of drug-likeness (QED) is 0.655. The molecular formula is C19H15ClN4O3S. The van der Waals surface area contributed by atoms with Crippen LogP contribution in [-0.4, -0.2) is 37.8 Å². The number of carboxylic acids is 1. The molecule has 0 amide bonds. The van der Waals surface area contributed by atoms with Gasteiger partial charge in [-0.3, -0.25) is 19.1 Å². The Kier molecular flexibility index (Phi) is 4.60. The number of hydrogen-bond donors (Lipinski definition) is 1. The molecule has 0 unspecified atom stereocenters. The fourth-order valence-electron chi connectivity index (χ4n) is 3.32. The molecule has 7 nitrogen and oxygen atoms in total. The molecule has 142 valence electrons. The Morgan fingerprint density at radius 1 is 1.29 bits per heavy atom. The first kappa shape index (κ1) is 18.5. The molecule has 0 bridgehead atoms. The molecule has 0 fully saturated rings. The van der Waals surface area contributed by atoms with Crippen molar-refractivity contribution < 1.29 is 14.7 Å². The SMILES string of the molecule is Cc1c(C=O)sc2c1C(c1ccc(Cl)cc1)=N[C@@H](CC(=O)O)c1nnc(C)n1-2. The van der Waals surface area contributed by atoms with Crippen LogP contribution in [0.25, 0.3) is 5.00 Å². The summed E-state index contributed by atoms with van der Waals surface area (Å²) in [7, 11) is 0. The number of aldehydes is 1. The van der Waals surface area contributed by atoms with Crippen LogP contribution in [0.5, 0.6) is 0 Å². The van der Waals surface area contributed by atoms with Gasteiger partial charge in [0, 0.05) is 16.1 Å². The summed E-state index contributed by atoms with van der Waals surface area (Å²) < 4.78 is 1.81. The van der Waals surface area contributed by atoms with E-state index in [-0.39, 0.29) is 6.42 Å². The van der Waals surface area contributed by atoms with E-state index in [1.54, 1.807) is 23.6 Å². The van der Waals surface area contributed by atoms with E-state index >= 15 is 0 Å². The number of hydrogen-bond acceptors (Lipinski definition) is 6. The molecule has 1 aliphatic heterocycles. The van der Waals surface area contributed by atoms with E-state index in [1.807, 2.05) is 19.1 Å². The molecule has 28 heavy (non-hydrogen) atoms. The van der Waals surface area contributed by atoms with Crippen molar-refractivity contribution in [3.63, 3.8) is 0 Å². The Morgan fingerprint density at radius 3 is 2.64 bits per heavy atom. The molecule has 3 heterocycles. The maximum atomic E-state index is 11.6. The zero-order chi connectivity index (χ0) is 20.0. The molecule has 0 saturated carbocycles. The van der Waals surface area contributed by atoms with Crippen LogP contribution < -0.4 is 0 Å². The molecule has 3 aromatic rings. The average molecular weight is 415 g/mol. The third-order valence-electron chi connectivity index (χ3n) is 4.63. The molecule has 0 radical (unpaired) electrons. The summed E-state index contributed by atoms with van der Waals surface area (Å²) >= 11 is 7.35. The molecule has 2 aromatic heterocycles. The van der Waals surface area contributed by atoms with Crippen LogP contribution in [0.15, 0.2) is 29.3 Å². The molecule has 1 aromatic carbocycles. The van der Waals surface area contributed by atoms with Crippen LogP contribution in [0.2, 0.25) is 5.02 Å². The predicted molar refractivity (Wildman–Crippen MR) is 106 cm³/mol. The standard InChI is InChI=1S/C19H15ClN4O3S/c1-9-14(8-25)28-19-16(9)17(11-3-5-12(20)6-4-11)21-13(7-15(26)27)18-23-22-10(2)24(18)19/h3-6,8,13H,7H2,1-2H3,(H,26,27)/t13-/m0/s1. The molecular weight excluding hydrogens is 400 g/mol. The second kappa shape index (κ2) is 6.96. The van der Waals surface area contributed by atoms with Crippen LogP contribution in [0.1, 0.15) is 50.5 Å². The number of benzene rings is 1. The third kappa shape index (κ3) is 2.94. The molecule has 4 rings (SSSR count). The van der Waals surface area contributed by atoms with Crippen LogP contribution in [0.4, 0.5) is 0 Å². The number of nitrogens with zero attached hydrogens (tertiary/aromatic N) is 4. The fraction of sp³-hybridized carbons (Fsp3) is 0.211. The van der Waals surface area contributed by atoms with Gasteiger partial charge >= 0.3 is 5.97 Å². The Morgan fingerprint density at radius 2 is 2.00 bits per heavy atom. The van der Waals surface area contributed by atoms with E-state index in [1.165, 1.54) is 11.3 Å². The van der Waals surface area contributed by atoms with E-state index in [0.717, 1.165) is 28.0 Å². The third-order valence-corrected chi connectivity index (χ3v) is 6.08. The monoisotopic (exact) mass is 414 g/mol. The van der Waals surface area contributed by atoms with Crippen molar-refractivity contribution in [1.29, 1.82) is 0 Å². The number of carboxylic acid groups (broad SMARTS) is 1. The zero-order valence-corrected chi connectivity index (χ0v) is 16.6. The summed E-state index contributed by atoms with van der Waals surface area (Å²) in [4.78, 5) is 28.4. The van der Waals surface area contributed by atoms with Crippen molar-refractivity contribution in [3.8, 4) is 5.00 Å². The van der Waals surface area contributed by atoms with Gasteiger partial charge in [0.1, 0.15) is 16.9 Å². The fourth-order valence-corrected chi connectivity index (χ4v) is 4.62. The van der Waals surface area contributed by atoms with Crippen LogP contribution in [0, 0.1) is 13.8 Å². The van der Waals surface area contributed by atoms with E-state index < -0.39 is 12.0 Å². The van der Waals surface area contributed by atoms with Crippen molar-refractivity contribution in [2.45, 2.75) is 26.3 Å². The van der Waals surface area contributed by atoms with Crippen LogP contribution in [-0.2, 0) is 4.79 Å². The number of aliphatic carboxylic acids is 1. The maximum absolute atomic E-state index is 11.6. The van der Waals surface area contributed by atoms with Gasteiger partial charge in [-0.25, -0.2) is 0 Å². The van der Waals surface area contributed by atoms with Gasteiger partial charge in [-0.15, -0.1) is 21.5 Å². The van der Waals surface area contributed by atoms with E-state index in [9.17, 15) is 14.7 Å². The number of rotatable bonds is 4. The summed E-state index contributed by atoms with van der Waals surface area (Å²) in [6, 6.07) is 6.47. The number of carbonyl (C=O) groups is 2. The highest BCUT2D eigenvalue weighted by Crippen LogP contribution is 2.39. The topological polar surface area (TPSA) is 97.4 Å². The van der Waals surface area contributed by atoms with Crippen LogP contribution >= 0.6 is 22.9 Å². The number of aryl methyl sites for hydroxylation is 1. The van der Waals surface area contributed by atoms with E-state index in [4.69, 9.17) is 16.6 Å². The maximum Gasteiger partial charge on any atom is 0.306 e. The van der Waals surface area contributed by atoms with E-state index in [2.05, 4.69) is 10.2 Å². The Bertz CT molecular complexity index is 1130. The smallest absolute Gasteiger partial charge is 0.306 e. The highest BCUT2D eigenvalue weighted by molar-refractivity contribution is 7.16. The molecule has 1 aliphatic rings. The number of thiophene rings is 1. The Balaban J connectivity index is 2.05. The number of fused-ring (bicyclic) bond motifs is 3. The lowest BCUT2D eigenvalue weighted by molar-refractivity contribution is -0.137. The number of aromatic nitrogens is 3. The summed E-state index contributed by atoms with van der Waals surface area (Å²) in [5.41, 5.74) is 2.98. The second-order valence-electron chi connectivity index (χ2n) is 6.43. The van der Waals surface area contributed by atoms with Crippen molar-refractivity contribution in [2.24, 2.45) is 4.99 Å². The first-order valence-electron chi connectivity index (χ1n) is 8.47. The summed E-state index contributed by atoms with van der Waals surface area (Å²) in [6.45, 7) is 3.66. The van der Waals surface area contributed by atoms with Gasteiger partial charge < -0.3 is 5.11 Å². The minimum atomic E-state index is -0.980. The zero-order valence-electron chi connectivity index (χ0n) is 15.0. The van der Waals surface area contributed by atoms with Gasteiger partial charge in [-0.2, -0.15) is 0 Å². The first-order valence-corrected chi connectivity index (χ1v) is 9.67. The van der Waals surface area contributed by atoms with Gasteiger partial charge in [0.2, 0.25) is 0 Å². The summed E-state index contributed by atoms with van der Waals surface area (Å²) in [6.07, 6.45) is 0.603. The normalized spacial score (nSPS) is 15.4. The molecule has 1 N–H and O–H groups in total. The van der Waals surface area contributed by atoms with Crippen molar-refractivity contribution in [2.75, 3.05) is 0 Å². The minimum Gasteiger partial charge on any atom is -0.481 e. The summed E-state index contributed by atoms with van der Waals surface area (Å²) in [5, 5.41) is 19.1. The molecule has 0 spiro atoms. The highest BCUT2D eigenvalue weighted by Gasteiger charge is 2.32. The minimum absolute atomic E-state index is 0.219. The lowest BCUT2D eigenvalue weighted by Gasteiger charge is -2.10. The Hall–Kier alpha value is -2.84. The first-order chi connectivity index (χ1) is 13.4. The number of halogens is 1.